The van der Waals surface area contributed by atoms with E-state index in [0.717, 1.165) is 19.1 Å². The van der Waals surface area contributed by atoms with Crippen LogP contribution in [0, 0.1) is 5.92 Å². The van der Waals surface area contributed by atoms with Crippen molar-refractivity contribution >= 4 is 12.4 Å². The normalized spacial score (nSPS) is 26.4. The summed E-state index contributed by atoms with van der Waals surface area (Å²) in [5.74, 6) is -0.0382. The maximum absolute atomic E-state index is 11.9. The summed E-state index contributed by atoms with van der Waals surface area (Å²) in [6.45, 7) is 8.01. The Labute approximate surface area is 96.9 Å². The van der Waals surface area contributed by atoms with Crippen molar-refractivity contribution in [2.75, 3.05) is 6.54 Å². The van der Waals surface area contributed by atoms with Gasteiger partial charge in [-0.25, -0.2) is 4.79 Å². The second-order valence-electron chi connectivity index (χ2n) is 5.46. The second kappa shape index (κ2) is 4.85. The monoisotopic (exact) mass is 227 g/mol. The van der Waals surface area contributed by atoms with E-state index in [1.165, 1.54) is 0 Å². The zero-order chi connectivity index (χ0) is 12.3. The number of amides is 1. The Morgan fingerprint density at radius 2 is 2.00 bits per heavy atom. The number of carbonyl (C=O) groups is 2. The van der Waals surface area contributed by atoms with Gasteiger partial charge < -0.3 is 14.4 Å². The second-order valence-corrected chi connectivity index (χ2v) is 5.46. The summed E-state index contributed by atoms with van der Waals surface area (Å²) in [7, 11) is 0. The lowest BCUT2D eigenvalue weighted by Crippen LogP contribution is -2.47. The maximum atomic E-state index is 11.9. The van der Waals surface area contributed by atoms with Gasteiger partial charge in [-0.2, -0.15) is 0 Å². The summed E-state index contributed by atoms with van der Waals surface area (Å²) in [5.41, 5.74) is -0.481. The lowest BCUT2D eigenvalue weighted by Gasteiger charge is -2.37. The fraction of sp³-hybridized carbons (Fsp3) is 0.833. The van der Waals surface area contributed by atoms with Gasteiger partial charge in [-0.1, -0.05) is 0 Å². The van der Waals surface area contributed by atoms with Crippen LogP contribution in [-0.4, -0.2) is 35.5 Å². The Bertz CT molecular complexity index is 270. The van der Waals surface area contributed by atoms with Crippen molar-refractivity contribution in [2.45, 2.75) is 52.2 Å². The Kier molecular flexibility index (Phi) is 3.94. The molecule has 92 valence electrons. The van der Waals surface area contributed by atoms with Gasteiger partial charge in [-0.15, -0.1) is 0 Å². The molecular formula is C12H21NO3. The number of rotatable bonds is 1. The van der Waals surface area contributed by atoms with Gasteiger partial charge >= 0.3 is 6.09 Å². The van der Waals surface area contributed by atoms with Crippen molar-refractivity contribution in [3.8, 4) is 0 Å². The zero-order valence-electron chi connectivity index (χ0n) is 10.5. The lowest BCUT2D eigenvalue weighted by atomic mass is 9.95. The standard InChI is InChI=1S/C12H21NO3/c1-9-5-6-10(8-14)7-13(9)11(15)16-12(2,3)4/h8-10H,5-7H2,1-4H3/t9-,10+/m1/s1. The number of likely N-dealkylation sites (tertiary alicyclic amines) is 1. The highest BCUT2D eigenvalue weighted by Gasteiger charge is 2.31. The smallest absolute Gasteiger partial charge is 0.410 e. The fourth-order valence-electron chi connectivity index (χ4n) is 1.82. The van der Waals surface area contributed by atoms with E-state index in [9.17, 15) is 9.59 Å². The Balaban J connectivity index is 2.62. The Hall–Kier alpha value is -1.06. The van der Waals surface area contributed by atoms with Crippen molar-refractivity contribution in [3.05, 3.63) is 0 Å². The highest BCUT2D eigenvalue weighted by Crippen LogP contribution is 2.22. The molecule has 1 rings (SSSR count). The summed E-state index contributed by atoms with van der Waals surface area (Å²) in [5, 5.41) is 0. The molecule has 16 heavy (non-hydrogen) atoms. The molecule has 0 unspecified atom stereocenters. The van der Waals surface area contributed by atoms with Gasteiger partial charge in [0.2, 0.25) is 0 Å². The minimum atomic E-state index is -0.481. The SMILES string of the molecule is C[C@@H]1CC[C@H](C=O)CN1C(=O)OC(C)(C)C. The molecule has 1 saturated heterocycles. The van der Waals surface area contributed by atoms with Gasteiger partial charge in [0, 0.05) is 18.5 Å². The van der Waals surface area contributed by atoms with E-state index in [2.05, 4.69) is 0 Å². The Morgan fingerprint density at radius 3 is 2.50 bits per heavy atom. The molecule has 0 bridgehead atoms. The van der Waals surface area contributed by atoms with Crippen molar-refractivity contribution in [3.63, 3.8) is 0 Å². The number of piperidine rings is 1. The fourth-order valence-corrected chi connectivity index (χ4v) is 1.82. The van der Waals surface area contributed by atoms with E-state index in [0.29, 0.717) is 6.54 Å². The minimum absolute atomic E-state index is 0.0382. The average molecular weight is 227 g/mol. The van der Waals surface area contributed by atoms with Crippen LogP contribution in [0.4, 0.5) is 4.79 Å². The van der Waals surface area contributed by atoms with Gasteiger partial charge in [-0.3, -0.25) is 0 Å². The van der Waals surface area contributed by atoms with Crippen molar-refractivity contribution < 1.29 is 14.3 Å². The number of carbonyl (C=O) groups excluding carboxylic acids is 2. The summed E-state index contributed by atoms with van der Waals surface area (Å²) in [4.78, 5) is 24.3. The van der Waals surface area contributed by atoms with E-state index in [1.807, 2.05) is 27.7 Å². The lowest BCUT2D eigenvalue weighted by molar-refractivity contribution is -0.112. The zero-order valence-corrected chi connectivity index (χ0v) is 10.5. The van der Waals surface area contributed by atoms with Crippen LogP contribution in [-0.2, 0) is 9.53 Å². The molecule has 1 aliphatic heterocycles. The first kappa shape index (κ1) is 13.0. The molecule has 1 heterocycles. The molecule has 4 heteroatoms. The van der Waals surface area contributed by atoms with Crippen LogP contribution >= 0.6 is 0 Å². The maximum Gasteiger partial charge on any atom is 0.410 e. The van der Waals surface area contributed by atoms with Gasteiger partial charge in [0.1, 0.15) is 11.9 Å². The molecular weight excluding hydrogens is 206 g/mol. The van der Waals surface area contributed by atoms with E-state index in [-0.39, 0.29) is 18.1 Å². The van der Waals surface area contributed by atoms with Crippen LogP contribution in [0.25, 0.3) is 0 Å². The molecule has 1 amide bonds. The molecule has 0 aliphatic carbocycles. The molecule has 0 saturated carbocycles. The molecule has 0 aromatic heterocycles. The molecule has 0 aromatic rings. The van der Waals surface area contributed by atoms with Gasteiger partial charge in [0.15, 0.2) is 0 Å². The first-order valence-electron chi connectivity index (χ1n) is 5.78. The van der Waals surface area contributed by atoms with E-state index >= 15 is 0 Å². The Morgan fingerprint density at radius 1 is 1.38 bits per heavy atom. The van der Waals surface area contributed by atoms with Crippen LogP contribution < -0.4 is 0 Å². The van der Waals surface area contributed by atoms with Crippen LogP contribution in [0.3, 0.4) is 0 Å². The third-order valence-electron chi connectivity index (χ3n) is 2.74. The summed E-state index contributed by atoms with van der Waals surface area (Å²) >= 11 is 0. The predicted molar refractivity (Wildman–Crippen MR) is 61.2 cm³/mol. The number of hydrogen-bond acceptors (Lipinski definition) is 3. The molecule has 0 spiro atoms. The van der Waals surface area contributed by atoms with Crippen LogP contribution in [0.1, 0.15) is 40.5 Å². The van der Waals surface area contributed by atoms with Gasteiger partial charge in [-0.05, 0) is 40.5 Å². The molecule has 0 radical (unpaired) electrons. The van der Waals surface area contributed by atoms with Crippen LogP contribution in [0.2, 0.25) is 0 Å². The molecule has 1 fully saturated rings. The first-order valence-corrected chi connectivity index (χ1v) is 5.78. The quantitative estimate of drug-likeness (QED) is 0.645. The average Bonchev–Trinajstić information content (AvgIpc) is 2.15. The largest absolute Gasteiger partial charge is 0.444 e. The number of aldehydes is 1. The van der Waals surface area contributed by atoms with E-state index in [1.54, 1.807) is 4.90 Å². The van der Waals surface area contributed by atoms with Crippen molar-refractivity contribution in [2.24, 2.45) is 5.92 Å². The van der Waals surface area contributed by atoms with Crippen molar-refractivity contribution in [1.29, 1.82) is 0 Å². The van der Waals surface area contributed by atoms with E-state index < -0.39 is 5.60 Å². The molecule has 4 nitrogen and oxygen atoms in total. The topological polar surface area (TPSA) is 46.6 Å². The molecule has 1 aliphatic rings. The third kappa shape index (κ3) is 3.51. The third-order valence-corrected chi connectivity index (χ3v) is 2.74. The summed E-state index contributed by atoms with van der Waals surface area (Å²) < 4.78 is 5.31. The van der Waals surface area contributed by atoms with Crippen molar-refractivity contribution in [1.82, 2.24) is 4.90 Å². The molecule has 0 aromatic carbocycles. The molecule has 2 atom stereocenters. The highest BCUT2D eigenvalue weighted by atomic mass is 16.6. The van der Waals surface area contributed by atoms with Gasteiger partial charge in [0.05, 0.1) is 0 Å². The predicted octanol–water partition coefficient (Wildman–Crippen LogP) is 2.22. The van der Waals surface area contributed by atoms with Gasteiger partial charge in [0.25, 0.3) is 0 Å². The first-order chi connectivity index (χ1) is 7.33. The number of ether oxygens (including phenoxy) is 1. The summed E-state index contributed by atoms with van der Waals surface area (Å²) in [6.07, 6.45) is 2.35. The van der Waals surface area contributed by atoms with Crippen LogP contribution in [0.15, 0.2) is 0 Å². The molecule has 0 N–H and O–H groups in total. The van der Waals surface area contributed by atoms with Crippen LogP contribution in [0.5, 0.6) is 0 Å². The number of hydrogen-bond donors (Lipinski definition) is 0. The van der Waals surface area contributed by atoms with E-state index in [4.69, 9.17) is 4.74 Å². The highest BCUT2D eigenvalue weighted by molar-refractivity contribution is 5.69. The number of nitrogens with zero attached hydrogens (tertiary/aromatic N) is 1. The summed E-state index contributed by atoms with van der Waals surface area (Å²) in [6, 6.07) is 0.158. The minimum Gasteiger partial charge on any atom is -0.444 e.